The highest BCUT2D eigenvalue weighted by atomic mass is 16.5. The van der Waals surface area contributed by atoms with E-state index < -0.39 is 6.04 Å². The minimum absolute atomic E-state index is 0.247. The molecule has 0 heterocycles. The number of hydrogen-bond donors (Lipinski definition) is 2. The summed E-state index contributed by atoms with van der Waals surface area (Å²) in [6.45, 7) is 4.61. The van der Waals surface area contributed by atoms with Crippen molar-refractivity contribution < 1.29 is 19.1 Å². The fourth-order valence-corrected chi connectivity index (χ4v) is 1.43. The third kappa shape index (κ3) is 7.24. The lowest BCUT2D eigenvalue weighted by Crippen LogP contribution is -2.36. The van der Waals surface area contributed by atoms with E-state index in [4.69, 9.17) is 10.5 Å². The van der Waals surface area contributed by atoms with Gasteiger partial charge in [0.05, 0.1) is 13.7 Å². The molecule has 0 aromatic heterocycles. The highest BCUT2D eigenvalue weighted by Crippen LogP contribution is 2.00. The molecule has 0 spiro atoms. The Morgan fingerprint density at radius 3 is 2.50 bits per heavy atom. The average molecular weight is 260 g/mol. The molecule has 0 saturated heterocycles. The van der Waals surface area contributed by atoms with E-state index in [-0.39, 0.29) is 18.0 Å². The van der Waals surface area contributed by atoms with E-state index in [1.807, 2.05) is 0 Å². The molecule has 0 aliphatic carbocycles. The third-order valence-corrected chi connectivity index (χ3v) is 2.54. The van der Waals surface area contributed by atoms with E-state index >= 15 is 0 Å². The van der Waals surface area contributed by atoms with Crippen LogP contribution in [0.15, 0.2) is 0 Å². The number of ether oxygens (including phenoxy) is 2. The molecule has 0 amide bonds. The van der Waals surface area contributed by atoms with Crippen molar-refractivity contribution in [3.63, 3.8) is 0 Å². The first-order valence-corrected chi connectivity index (χ1v) is 6.26. The van der Waals surface area contributed by atoms with Gasteiger partial charge in [-0.3, -0.25) is 9.59 Å². The van der Waals surface area contributed by atoms with Crippen LogP contribution in [0.5, 0.6) is 0 Å². The van der Waals surface area contributed by atoms with Gasteiger partial charge >= 0.3 is 11.9 Å². The normalized spacial score (nSPS) is 13.8. The number of unbranched alkanes of at least 4 members (excludes halogenated alkanes) is 1. The summed E-state index contributed by atoms with van der Waals surface area (Å²) >= 11 is 0. The van der Waals surface area contributed by atoms with Crippen molar-refractivity contribution in [1.82, 2.24) is 5.32 Å². The molecular weight excluding hydrogens is 236 g/mol. The van der Waals surface area contributed by atoms with Gasteiger partial charge in [-0.15, -0.1) is 0 Å². The highest BCUT2D eigenvalue weighted by molar-refractivity contribution is 5.75. The lowest BCUT2D eigenvalue weighted by Gasteiger charge is -2.13. The summed E-state index contributed by atoms with van der Waals surface area (Å²) in [6.07, 6.45) is 2.23. The molecule has 6 nitrogen and oxygen atoms in total. The van der Waals surface area contributed by atoms with Gasteiger partial charge in [0.2, 0.25) is 0 Å². The minimum atomic E-state index is -0.558. The first-order valence-electron chi connectivity index (χ1n) is 6.26. The lowest BCUT2D eigenvalue weighted by molar-refractivity contribution is -0.145. The van der Waals surface area contributed by atoms with Gasteiger partial charge in [-0.05, 0) is 33.2 Å². The van der Waals surface area contributed by atoms with E-state index in [9.17, 15) is 9.59 Å². The van der Waals surface area contributed by atoms with Gasteiger partial charge in [0, 0.05) is 0 Å². The Balaban J connectivity index is 3.56. The Kier molecular flexibility index (Phi) is 9.22. The standard InChI is InChI=1S/C12H24N2O4/c1-4-18-11(15)9(2)14-8-6-5-7-10(13)12(16)17-3/h9-10,14H,4-8,13H2,1-3H3. The van der Waals surface area contributed by atoms with Gasteiger partial charge in [0.15, 0.2) is 0 Å². The third-order valence-electron chi connectivity index (χ3n) is 2.54. The number of nitrogens with one attached hydrogen (secondary N) is 1. The summed E-state index contributed by atoms with van der Waals surface area (Å²) in [6, 6.07) is -0.864. The summed E-state index contributed by atoms with van der Waals surface area (Å²) in [5.41, 5.74) is 5.59. The van der Waals surface area contributed by atoms with Gasteiger partial charge in [0.25, 0.3) is 0 Å². The number of nitrogens with two attached hydrogens (primary N) is 1. The molecule has 106 valence electrons. The maximum atomic E-state index is 11.3. The van der Waals surface area contributed by atoms with Crippen LogP contribution in [0.4, 0.5) is 0 Å². The van der Waals surface area contributed by atoms with E-state index in [1.54, 1.807) is 13.8 Å². The number of hydrogen-bond acceptors (Lipinski definition) is 6. The van der Waals surface area contributed by atoms with Gasteiger partial charge < -0.3 is 20.5 Å². The maximum absolute atomic E-state index is 11.3. The quantitative estimate of drug-likeness (QED) is 0.454. The predicted molar refractivity (Wildman–Crippen MR) is 67.9 cm³/mol. The molecule has 0 aromatic carbocycles. The molecule has 0 rings (SSSR count). The van der Waals surface area contributed by atoms with Crippen LogP contribution in [0.1, 0.15) is 33.1 Å². The molecule has 2 atom stereocenters. The van der Waals surface area contributed by atoms with E-state index in [0.717, 1.165) is 12.8 Å². The van der Waals surface area contributed by atoms with E-state index in [0.29, 0.717) is 19.6 Å². The second kappa shape index (κ2) is 9.85. The zero-order valence-corrected chi connectivity index (χ0v) is 11.4. The van der Waals surface area contributed by atoms with Crippen LogP contribution < -0.4 is 11.1 Å². The Hall–Kier alpha value is -1.14. The molecule has 0 saturated carbocycles. The molecule has 0 bridgehead atoms. The Morgan fingerprint density at radius 1 is 1.28 bits per heavy atom. The fraction of sp³-hybridized carbons (Fsp3) is 0.833. The van der Waals surface area contributed by atoms with Gasteiger partial charge in [0.1, 0.15) is 12.1 Å². The van der Waals surface area contributed by atoms with Crippen molar-refractivity contribution in [2.24, 2.45) is 5.73 Å². The van der Waals surface area contributed by atoms with Gasteiger partial charge in [-0.1, -0.05) is 6.42 Å². The summed E-state index contributed by atoms with van der Waals surface area (Å²) in [7, 11) is 1.32. The largest absolute Gasteiger partial charge is 0.468 e. The summed E-state index contributed by atoms with van der Waals surface area (Å²) in [5.74, 6) is -0.633. The van der Waals surface area contributed by atoms with Gasteiger partial charge in [-0.2, -0.15) is 0 Å². The number of methoxy groups -OCH3 is 1. The predicted octanol–water partition coefficient (Wildman–Crippen LogP) is 0.198. The molecule has 18 heavy (non-hydrogen) atoms. The molecule has 0 fully saturated rings. The summed E-state index contributed by atoms with van der Waals surface area (Å²) in [4.78, 5) is 22.3. The number of carbonyl (C=O) groups is 2. The van der Waals surface area contributed by atoms with Crippen LogP contribution >= 0.6 is 0 Å². The molecule has 0 aromatic rings. The summed E-state index contributed by atoms with van der Waals surface area (Å²) in [5, 5.41) is 3.05. The Morgan fingerprint density at radius 2 is 1.94 bits per heavy atom. The van der Waals surface area contributed by atoms with E-state index in [2.05, 4.69) is 10.1 Å². The van der Waals surface area contributed by atoms with Crippen molar-refractivity contribution in [1.29, 1.82) is 0 Å². The Bertz CT molecular complexity index is 258. The van der Waals surface area contributed by atoms with Crippen LogP contribution in [0.3, 0.4) is 0 Å². The number of rotatable bonds is 9. The minimum Gasteiger partial charge on any atom is -0.468 e. The first kappa shape index (κ1) is 16.9. The maximum Gasteiger partial charge on any atom is 0.322 e. The zero-order chi connectivity index (χ0) is 14.0. The molecular formula is C12H24N2O4. The monoisotopic (exact) mass is 260 g/mol. The van der Waals surface area contributed by atoms with Crippen molar-refractivity contribution >= 4 is 11.9 Å². The van der Waals surface area contributed by atoms with Crippen molar-refractivity contribution in [2.75, 3.05) is 20.3 Å². The molecule has 2 unspecified atom stereocenters. The van der Waals surface area contributed by atoms with Crippen LogP contribution in [0, 0.1) is 0 Å². The highest BCUT2D eigenvalue weighted by Gasteiger charge is 2.14. The average Bonchev–Trinajstić information content (AvgIpc) is 2.37. The SMILES string of the molecule is CCOC(=O)C(C)NCCCCC(N)C(=O)OC. The molecule has 0 aliphatic heterocycles. The van der Waals surface area contributed by atoms with Crippen molar-refractivity contribution in [2.45, 2.75) is 45.2 Å². The molecule has 6 heteroatoms. The topological polar surface area (TPSA) is 90.6 Å². The molecule has 3 N–H and O–H groups in total. The van der Waals surface area contributed by atoms with Crippen LogP contribution in [0.25, 0.3) is 0 Å². The first-order chi connectivity index (χ1) is 8.52. The van der Waals surface area contributed by atoms with E-state index in [1.165, 1.54) is 7.11 Å². The lowest BCUT2D eigenvalue weighted by atomic mass is 10.1. The van der Waals surface area contributed by atoms with Crippen LogP contribution in [-0.2, 0) is 19.1 Å². The molecule has 0 aliphatic rings. The van der Waals surface area contributed by atoms with Crippen LogP contribution in [0.2, 0.25) is 0 Å². The molecule has 0 radical (unpaired) electrons. The number of carbonyl (C=O) groups excluding carboxylic acids is 2. The van der Waals surface area contributed by atoms with Crippen molar-refractivity contribution in [3.8, 4) is 0 Å². The summed E-state index contributed by atoms with van der Waals surface area (Å²) < 4.78 is 9.39. The Labute approximate surface area is 108 Å². The fourth-order valence-electron chi connectivity index (χ4n) is 1.43. The zero-order valence-electron chi connectivity index (χ0n) is 11.4. The van der Waals surface area contributed by atoms with Crippen LogP contribution in [-0.4, -0.2) is 44.3 Å². The van der Waals surface area contributed by atoms with Gasteiger partial charge in [-0.25, -0.2) is 0 Å². The number of esters is 2. The second-order valence-electron chi connectivity index (χ2n) is 4.05. The second-order valence-corrected chi connectivity index (χ2v) is 4.05. The van der Waals surface area contributed by atoms with Crippen molar-refractivity contribution in [3.05, 3.63) is 0 Å². The smallest absolute Gasteiger partial charge is 0.322 e.